The van der Waals surface area contributed by atoms with Gasteiger partial charge in [0.15, 0.2) is 0 Å². The number of benzene rings is 2. The monoisotopic (exact) mass is 296 g/mol. The summed E-state index contributed by atoms with van der Waals surface area (Å²) in [5, 5.41) is 0. The Balaban J connectivity index is 2.05. The van der Waals surface area contributed by atoms with Crippen LogP contribution >= 0.6 is 0 Å². The summed E-state index contributed by atoms with van der Waals surface area (Å²) in [6.07, 6.45) is 0.899. The van der Waals surface area contributed by atoms with E-state index in [1.807, 2.05) is 31.2 Å². The van der Waals surface area contributed by atoms with Crippen LogP contribution in [0.1, 0.15) is 58.5 Å². The van der Waals surface area contributed by atoms with Crippen molar-refractivity contribution in [2.45, 2.75) is 33.1 Å². The molecule has 2 aromatic carbocycles. The Bertz CT molecular complexity index is 652. The third-order valence-electron chi connectivity index (χ3n) is 3.60. The number of hydrogen-bond acceptors (Lipinski definition) is 3. The Hall–Kier alpha value is -2.42. The molecule has 0 fully saturated rings. The van der Waals surface area contributed by atoms with Gasteiger partial charge in [0.2, 0.25) is 0 Å². The molecule has 22 heavy (non-hydrogen) atoms. The molecule has 0 atom stereocenters. The second kappa shape index (κ2) is 7.03. The Morgan fingerprint density at radius 2 is 1.32 bits per heavy atom. The normalized spacial score (nSPS) is 10.5. The predicted octanol–water partition coefficient (Wildman–Crippen LogP) is 4.37. The lowest BCUT2D eigenvalue weighted by Crippen LogP contribution is -2.13. The van der Waals surface area contributed by atoms with E-state index in [-0.39, 0.29) is 0 Å². The fourth-order valence-electron chi connectivity index (χ4n) is 2.08. The van der Waals surface area contributed by atoms with Crippen LogP contribution in [0, 0.1) is 0 Å². The second-order valence-electron chi connectivity index (χ2n) is 5.50. The van der Waals surface area contributed by atoms with Gasteiger partial charge in [0.1, 0.15) is 0 Å². The van der Waals surface area contributed by atoms with Crippen molar-refractivity contribution in [3.8, 4) is 0 Å². The molecule has 0 saturated carbocycles. The van der Waals surface area contributed by atoms with Crippen LogP contribution in [0.2, 0.25) is 0 Å². The van der Waals surface area contributed by atoms with E-state index in [1.165, 1.54) is 0 Å². The molecule has 3 nitrogen and oxygen atoms in total. The zero-order valence-electron chi connectivity index (χ0n) is 13.1. The summed E-state index contributed by atoms with van der Waals surface area (Å²) < 4.78 is 4.92. The summed E-state index contributed by atoms with van der Waals surface area (Å²) in [5.41, 5.74) is 3.03. The summed E-state index contributed by atoms with van der Waals surface area (Å²) in [6.45, 7) is 6.20. The molecule has 0 aliphatic rings. The summed E-state index contributed by atoms with van der Waals surface area (Å²) in [7, 11) is 0. The molecule has 0 aromatic heterocycles. The summed E-state index contributed by atoms with van der Waals surface area (Å²) in [6, 6.07) is 14.2. The minimum atomic E-state index is -0.625. The van der Waals surface area contributed by atoms with Crippen molar-refractivity contribution in [2.24, 2.45) is 0 Å². The van der Waals surface area contributed by atoms with Gasteiger partial charge >= 0.3 is 11.9 Å². The largest absolute Gasteiger partial charge is 0.386 e. The van der Waals surface area contributed by atoms with Crippen LogP contribution in [0.3, 0.4) is 0 Å². The number of ether oxygens (including phenoxy) is 1. The maximum Gasteiger partial charge on any atom is 0.346 e. The summed E-state index contributed by atoms with van der Waals surface area (Å²) >= 11 is 0. The molecule has 0 bridgehead atoms. The average molecular weight is 296 g/mol. The van der Waals surface area contributed by atoms with Crippen molar-refractivity contribution in [3.05, 3.63) is 70.8 Å². The molecule has 0 heterocycles. The van der Waals surface area contributed by atoms with Crippen LogP contribution in [0.5, 0.6) is 0 Å². The Morgan fingerprint density at radius 3 is 1.73 bits per heavy atom. The zero-order chi connectivity index (χ0) is 16.1. The fourth-order valence-corrected chi connectivity index (χ4v) is 2.08. The lowest BCUT2D eigenvalue weighted by Gasteiger charge is -2.07. The minimum Gasteiger partial charge on any atom is -0.386 e. The topological polar surface area (TPSA) is 43.4 Å². The van der Waals surface area contributed by atoms with Crippen LogP contribution in [0.4, 0.5) is 0 Å². The molecule has 2 aromatic rings. The highest BCUT2D eigenvalue weighted by Gasteiger charge is 2.15. The van der Waals surface area contributed by atoms with Crippen molar-refractivity contribution in [1.29, 1.82) is 0 Å². The van der Waals surface area contributed by atoms with Gasteiger partial charge in [-0.05, 0) is 47.7 Å². The molecule has 0 amide bonds. The molecule has 0 unspecified atom stereocenters. The van der Waals surface area contributed by atoms with Gasteiger partial charge in [-0.15, -0.1) is 0 Å². The molecule has 0 N–H and O–H groups in total. The first kappa shape index (κ1) is 16.0. The van der Waals surface area contributed by atoms with Gasteiger partial charge in [0.05, 0.1) is 11.1 Å². The van der Waals surface area contributed by atoms with E-state index in [4.69, 9.17) is 4.74 Å². The average Bonchev–Trinajstić information content (AvgIpc) is 2.54. The number of hydrogen-bond donors (Lipinski definition) is 0. The van der Waals surface area contributed by atoms with Gasteiger partial charge in [0.25, 0.3) is 0 Å². The lowest BCUT2D eigenvalue weighted by atomic mass is 10.0. The second-order valence-corrected chi connectivity index (χ2v) is 5.50. The standard InChI is InChI=1S/C19H20O3/c1-4-14-5-7-16(8-6-14)18(20)22-19(21)17-11-9-15(10-12-17)13(2)3/h5-13H,4H2,1-3H3. The fraction of sp³-hybridized carbons (Fsp3) is 0.263. The van der Waals surface area contributed by atoms with Crippen molar-refractivity contribution < 1.29 is 14.3 Å². The summed E-state index contributed by atoms with van der Waals surface area (Å²) in [5.74, 6) is -0.857. The van der Waals surface area contributed by atoms with E-state index in [0.29, 0.717) is 17.0 Å². The van der Waals surface area contributed by atoms with E-state index in [1.54, 1.807) is 24.3 Å². The Morgan fingerprint density at radius 1 is 0.864 bits per heavy atom. The Labute approximate surface area is 130 Å². The highest BCUT2D eigenvalue weighted by atomic mass is 16.6. The lowest BCUT2D eigenvalue weighted by molar-refractivity contribution is 0.0398. The van der Waals surface area contributed by atoms with E-state index in [0.717, 1.165) is 17.5 Å². The van der Waals surface area contributed by atoms with E-state index >= 15 is 0 Å². The molecule has 2 rings (SSSR count). The summed E-state index contributed by atoms with van der Waals surface area (Å²) in [4.78, 5) is 23.9. The van der Waals surface area contributed by atoms with Gasteiger partial charge in [0, 0.05) is 0 Å². The van der Waals surface area contributed by atoms with E-state index in [2.05, 4.69) is 13.8 Å². The van der Waals surface area contributed by atoms with Crippen molar-refractivity contribution in [1.82, 2.24) is 0 Å². The molecule has 0 aliphatic carbocycles. The molecular formula is C19H20O3. The van der Waals surface area contributed by atoms with Crippen LogP contribution in [-0.4, -0.2) is 11.9 Å². The third kappa shape index (κ3) is 3.82. The highest BCUT2D eigenvalue weighted by molar-refractivity contribution is 6.02. The van der Waals surface area contributed by atoms with Crippen molar-refractivity contribution in [2.75, 3.05) is 0 Å². The number of carbonyl (C=O) groups is 2. The van der Waals surface area contributed by atoms with Crippen molar-refractivity contribution in [3.63, 3.8) is 0 Å². The van der Waals surface area contributed by atoms with E-state index in [9.17, 15) is 9.59 Å². The first-order chi connectivity index (χ1) is 10.5. The third-order valence-corrected chi connectivity index (χ3v) is 3.60. The van der Waals surface area contributed by atoms with Gasteiger partial charge in [-0.25, -0.2) is 9.59 Å². The van der Waals surface area contributed by atoms with Crippen LogP contribution in [-0.2, 0) is 11.2 Å². The van der Waals surface area contributed by atoms with Gasteiger partial charge in [-0.3, -0.25) is 0 Å². The molecule has 3 heteroatoms. The highest BCUT2D eigenvalue weighted by Crippen LogP contribution is 2.15. The number of aryl methyl sites for hydroxylation is 1. The molecule has 0 spiro atoms. The van der Waals surface area contributed by atoms with Gasteiger partial charge < -0.3 is 4.74 Å². The SMILES string of the molecule is CCc1ccc(C(=O)OC(=O)c2ccc(C(C)C)cc2)cc1. The minimum absolute atomic E-state index is 0.378. The molecular weight excluding hydrogens is 276 g/mol. The smallest absolute Gasteiger partial charge is 0.346 e. The van der Waals surface area contributed by atoms with Gasteiger partial charge in [-0.1, -0.05) is 45.0 Å². The van der Waals surface area contributed by atoms with Crippen molar-refractivity contribution >= 4 is 11.9 Å². The predicted molar refractivity (Wildman–Crippen MR) is 86.1 cm³/mol. The van der Waals surface area contributed by atoms with Gasteiger partial charge in [-0.2, -0.15) is 0 Å². The molecule has 0 saturated heterocycles. The first-order valence-corrected chi connectivity index (χ1v) is 7.46. The maximum atomic E-state index is 12.0. The Kier molecular flexibility index (Phi) is 5.10. The molecule has 114 valence electrons. The first-order valence-electron chi connectivity index (χ1n) is 7.46. The van der Waals surface area contributed by atoms with Crippen LogP contribution in [0.25, 0.3) is 0 Å². The zero-order valence-corrected chi connectivity index (χ0v) is 13.1. The molecule has 0 aliphatic heterocycles. The number of carbonyl (C=O) groups excluding carboxylic acids is 2. The van der Waals surface area contributed by atoms with E-state index < -0.39 is 11.9 Å². The maximum absolute atomic E-state index is 12.0. The van der Waals surface area contributed by atoms with Crippen LogP contribution in [0.15, 0.2) is 48.5 Å². The quantitative estimate of drug-likeness (QED) is 0.621. The number of rotatable bonds is 4. The number of esters is 2. The molecule has 0 radical (unpaired) electrons. The van der Waals surface area contributed by atoms with Crippen LogP contribution < -0.4 is 0 Å².